The second-order valence-electron chi connectivity index (χ2n) is 6.20. The summed E-state index contributed by atoms with van der Waals surface area (Å²) in [6.45, 7) is 3.10. The summed E-state index contributed by atoms with van der Waals surface area (Å²) in [6.07, 6.45) is 7.96. The van der Waals surface area contributed by atoms with E-state index >= 15 is 0 Å². The van der Waals surface area contributed by atoms with Gasteiger partial charge in [0.2, 0.25) is 11.8 Å². The van der Waals surface area contributed by atoms with E-state index in [2.05, 4.69) is 10.3 Å². The summed E-state index contributed by atoms with van der Waals surface area (Å²) >= 11 is 0. The molecule has 6 heteroatoms. The van der Waals surface area contributed by atoms with Crippen LogP contribution in [0, 0.1) is 0 Å². The zero-order valence-corrected chi connectivity index (χ0v) is 13.8. The molecule has 1 N–H and O–H groups in total. The molecule has 1 aromatic heterocycles. The number of carbonyl (C=O) groups is 2. The van der Waals surface area contributed by atoms with Crippen LogP contribution in [0.15, 0.2) is 43.0 Å². The topological polar surface area (TPSA) is 67.2 Å². The van der Waals surface area contributed by atoms with Crippen molar-refractivity contribution in [2.24, 2.45) is 0 Å². The van der Waals surface area contributed by atoms with Crippen molar-refractivity contribution in [1.29, 1.82) is 0 Å². The third kappa shape index (κ3) is 4.01. The Kier molecular flexibility index (Phi) is 4.93. The van der Waals surface area contributed by atoms with Gasteiger partial charge in [-0.05, 0) is 30.5 Å². The summed E-state index contributed by atoms with van der Waals surface area (Å²) in [7, 11) is 0. The van der Waals surface area contributed by atoms with Crippen molar-refractivity contribution in [3.05, 3.63) is 48.5 Å². The standard InChI is InChI=1S/C18H22N4O2/c1-14(23)20-16-6-4-15(5-7-16)11-18(24)22-9-2-3-17(22)12-21-10-8-19-13-21/h4-8,10,13,17H,2-3,9,11-12H2,1H3,(H,20,23)/t17-/m1/s1. The van der Waals surface area contributed by atoms with E-state index in [-0.39, 0.29) is 17.9 Å². The summed E-state index contributed by atoms with van der Waals surface area (Å²) in [4.78, 5) is 29.7. The molecule has 24 heavy (non-hydrogen) atoms. The van der Waals surface area contributed by atoms with E-state index in [1.165, 1.54) is 6.92 Å². The van der Waals surface area contributed by atoms with Crippen molar-refractivity contribution >= 4 is 17.5 Å². The number of carbonyl (C=O) groups excluding carboxylic acids is 2. The molecule has 126 valence electrons. The van der Waals surface area contributed by atoms with Crippen LogP contribution in [0.4, 0.5) is 5.69 Å². The fourth-order valence-electron chi connectivity index (χ4n) is 3.18. The Morgan fingerprint density at radius 1 is 1.29 bits per heavy atom. The molecule has 0 saturated carbocycles. The maximum Gasteiger partial charge on any atom is 0.227 e. The van der Waals surface area contributed by atoms with E-state index in [0.29, 0.717) is 6.42 Å². The molecule has 2 heterocycles. The summed E-state index contributed by atoms with van der Waals surface area (Å²) in [6, 6.07) is 7.69. The van der Waals surface area contributed by atoms with Gasteiger partial charge >= 0.3 is 0 Å². The predicted octanol–water partition coefficient (Wildman–Crippen LogP) is 2.08. The molecule has 2 amide bonds. The van der Waals surface area contributed by atoms with Crippen LogP contribution in [0.1, 0.15) is 25.3 Å². The largest absolute Gasteiger partial charge is 0.338 e. The van der Waals surface area contributed by atoms with Crippen LogP contribution in [0.25, 0.3) is 0 Å². The molecule has 1 aliphatic rings. The molecule has 0 radical (unpaired) electrons. The van der Waals surface area contributed by atoms with Gasteiger partial charge in [0.25, 0.3) is 0 Å². The van der Waals surface area contributed by atoms with E-state index in [1.54, 1.807) is 12.5 Å². The second kappa shape index (κ2) is 7.29. The zero-order chi connectivity index (χ0) is 16.9. The fraction of sp³-hybridized carbons (Fsp3) is 0.389. The normalized spacial score (nSPS) is 17.0. The molecule has 0 aliphatic carbocycles. The molecular weight excluding hydrogens is 304 g/mol. The molecule has 1 saturated heterocycles. The Morgan fingerprint density at radius 3 is 2.75 bits per heavy atom. The van der Waals surface area contributed by atoms with Gasteiger partial charge in [-0.2, -0.15) is 0 Å². The highest BCUT2D eigenvalue weighted by atomic mass is 16.2. The summed E-state index contributed by atoms with van der Waals surface area (Å²) < 4.78 is 2.03. The average Bonchev–Trinajstić information content (AvgIpc) is 3.21. The number of rotatable bonds is 5. The minimum absolute atomic E-state index is 0.0989. The van der Waals surface area contributed by atoms with Crippen molar-refractivity contribution in [3.8, 4) is 0 Å². The van der Waals surface area contributed by atoms with Crippen molar-refractivity contribution in [2.75, 3.05) is 11.9 Å². The number of imidazole rings is 1. The first kappa shape index (κ1) is 16.2. The van der Waals surface area contributed by atoms with Gasteiger partial charge < -0.3 is 14.8 Å². The molecule has 1 fully saturated rings. The minimum atomic E-state index is -0.0989. The third-order valence-corrected chi connectivity index (χ3v) is 4.31. The lowest BCUT2D eigenvalue weighted by Gasteiger charge is -2.25. The molecule has 3 rings (SSSR count). The van der Waals surface area contributed by atoms with Crippen LogP contribution in [0.2, 0.25) is 0 Å². The molecule has 1 aromatic carbocycles. The molecule has 1 atom stereocenters. The molecule has 2 aromatic rings. The van der Waals surface area contributed by atoms with E-state index in [0.717, 1.165) is 37.2 Å². The lowest BCUT2D eigenvalue weighted by Crippen LogP contribution is -2.38. The number of hydrogen-bond acceptors (Lipinski definition) is 3. The van der Waals surface area contributed by atoms with Crippen LogP contribution in [0.5, 0.6) is 0 Å². The van der Waals surface area contributed by atoms with Gasteiger partial charge in [0.1, 0.15) is 0 Å². The number of amides is 2. The monoisotopic (exact) mass is 326 g/mol. The Hall–Kier alpha value is -2.63. The number of benzene rings is 1. The molecule has 1 aliphatic heterocycles. The Labute approximate surface area is 141 Å². The fourth-order valence-corrected chi connectivity index (χ4v) is 3.18. The second-order valence-corrected chi connectivity index (χ2v) is 6.20. The van der Waals surface area contributed by atoms with E-state index in [9.17, 15) is 9.59 Å². The molecule has 6 nitrogen and oxygen atoms in total. The third-order valence-electron chi connectivity index (χ3n) is 4.31. The van der Waals surface area contributed by atoms with Crippen LogP contribution >= 0.6 is 0 Å². The van der Waals surface area contributed by atoms with Gasteiger partial charge in [-0.3, -0.25) is 9.59 Å². The van der Waals surface area contributed by atoms with Crippen LogP contribution in [-0.2, 0) is 22.6 Å². The number of hydrogen-bond donors (Lipinski definition) is 1. The Balaban J connectivity index is 1.60. The SMILES string of the molecule is CC(=O)Nc1ccc(CC(=O)N2CCC[C@@H]2Cn2ccnc2)cc1. The number of likely N-dealkylation sites (tertiary alicyclic amines) is 1. The number of nitrogens with one attached hydrogen (secondary N) is 1. The van der Waals surface area contributed by atoms with Crippen molar-refractivity contribution in [2.45, 2.75) is 38.8 Å². The highest BCUT2D eigenvalue weighted by molar-refractivity contribution is 5.88. The summed E-state index contributed by atoms with van der Waals surface area (Å²) in [5.74, 6) is 0.0585. The summed E-state index contributed by atoms with van der Waals surface area (Å²) in [5, 5.41) is 2.73. The highest BCUT2D eigenvalue weighted by Gasteiger charge is 2.28. The average molecular weight is 326 g/mol. The van der Waals surface area contributed by atoms with Crippen LogP contribution < -0.4 is 5.32 Å². The van der Waals surface area contributed by atoms with Crippen LogP contribution in [0.3, 0.4) is 0 Å². The van der Waals surface area contributed by atoms with Gasteiger partial charge in [-0.25, -0.2) is 4.98 Å². The first-order chi connectivity index (χ1) is 11.6. The highest BCUT2D eigenvalue weighted by Crippen LogP contribution is 2.20. The maximum atomic E-state index is 12.6. The first-order valence-corrected chi connectivity index (χ1v) is 8.23. The maximum absolute atomic E-state index is 12.6. The van der Waals surface area contributed by atoms with E-state index in [1.807, 2.05) is 39.9 Å². The van der Waals surface area contributed by atoms with Gasteiger partial charge in [-0.1, -0.05) is 12.1 Å². The lowest BCUT2D eigenvalue weighted by atomic mass is 10.1. The molecule has 0 spiro atoms. The molecular formula is C18H22N4O2. The minimum Gasteiger partial charge on any atom is -0.338 e. The van der Waals surface area contributed by atoms with Crippen molar-refractivity contribution < 1.29 is 9.59 Å². The summed E-state index contributed by atoms with van der Waals surface area (Å²) in [5.41, 5.74) is 1.71. The first-order valence-electron chi connectivity index (χ1n) is 8.23. The van der Waals surface area contributed by atoms with Crippen LogP contribution in [-0.4, -0.2) is 38.9 Å². The molecule has 0 bridgehead atoms. The predicted molar refractivity (Wildman–Crippen MR) is 91.4 cm³/mol. The zero-order valence-electron chi connectivity index (χ0n) is 13.8. The number of nitrogens with zero attached hydrogens (tertiary/aromatic N) is 3. The Bertz CT molecular complexity index is 694. The van der Waals surface area contributed by atoms with Crippen molar-refractivity contribution in [3.63, 3.8) is 0 Å². The number of aromatic nitrogens is 2. The Morgan fingerprint density at radius 2 is 2.08 bits per heavy atom. The van der Waals surface area contributed by atoms with Gasteiger partial charge in [-0.15, -0.1) is 0 Å². The molecule has 0 unspecified atom stereocenters. The van der Waals surface area contributed by atoms with E-state index < -0.39 is 0 Å². The van der Waals surface area contributed by atoms with Gasteiger partial charge in [0.15, 0.2) is 0 Å². The smallest absolute Gasteiger partial charge is 0.227 e. The number of anilines is 1. The van der Waals surface area contributed by atoms with Gasteiger partial charge in [0.05, 0.1) is 12.7 Å². The van der Waals surface area contributed by atoms with E-state index in [4.69, 9.17) is 0 Å². The van der Waals surface area contributed by atoms with Gasteiger partial charge in [0, 0.05) is 44.1 Å². The quantitative estimate of drug-likeness (QED) is 0.915. The lowest BCUT2D eigenvalue weighted by molar-refractivity contribution is -0.131. The van der Waals surface area contributed by atoms with Crippen molar-refractivity contribution in [1.82, 2.24) is 14.5 Å².